The first-order valence-corrected chi connectivity index (χ1v) is 13.8. The topological polar surface area (TPSA) is 25.8 Å². The van der Waals surface area contributed by atoms with Crippen LogP contribution in [0.4, 0.5) is 0 Å². The van der Waals surface area contributed by atoms with E-state index < -0.39 is 0 Å². The zero-order valence-electron chi connectivity index (χ0n) is 23.4. The van der Waals surface area contributed by atoms with Crippen molar-refractivity contribution < 1.29 is 0 Å². The molecular formula is C38H32N2. The molecule has 0 saturated carbocycles. The molecule has 6 aromatic rings. The van der Waals surface area contributed by atoms with Gasteiger partial charge in [-0.05, 0) is 108 Å². The molecule has 2 heterocycles. The Labute approximate surface area is 237 Å². The van der Waals surface area contributed by atoms with E-state index in [4.69, 9.17) is 0 Å². The number of pyridine rings is 2. The molecule has 194 valence electrons. The van der Waals surface area contributed by atoms with Crippen LogP contribution in [0, 0.1) is 27.7 Å². The van der Waals surface area contributed by atoms with Gasteiger partial charge < -0.3 is 0 Å². The van der Waals surface area contributed by atoms with Crippen molar-refractivity contribution in [3.8, 4) is 55.6 Å². The number of rotatable bonds is 5. The van der Waals surface area contributed by atoms with Gasteiger partial charge >= 0.3 is 0 Å². The molecule has 2 aromatic heterocycles. The second kappa shape index (κ2) is 10.7. The fraction of sp³-hybridized carbons (Fsp3) is 0.105. The Bertz CT molecular complexity index is 1670. The third kappa shape index (κ3) is 4.97. The quantitative estimate of drug-likeness (QED) is 0.228. The Morgan fingerprint density at radius 2 is 0.500 bits per heavy atom. The smallest absolute Gasteiger partial charge is 0.0382 e. The average Bonchev–Trinajstić information content (AvgIpc) is 2.96. The molecule has 0 spiro atoms. The van der Waals surface area contributed by atoms with E-state index in [1.54, 1.807) is 0 Å². The van der Waals surface area contributed by atoms with Gasteiger partial charge in [0.1, 0.15) is 0 Å². The first-order valence-electron chi connectivity index (χ1n) is 13.8. The Morgan fingerprint density at radius 1 is 0.300 bits per heavy atom. The van der Waals surface area contributed by atoms with Gasteiger partial charge in [-0.2, -0.15) is 0 Å². The molecule has 0 unspecified atom stereocenters. The number of benzene rings is 4. The Hall–Kier alpha value is -4.82. The predicted octanol–water partition coefficient (Wildman–Crippen LogP) is 10.0. The van der Waals surface area contributed by atoms with Crippen molar-refractivity contribution in [1.29, 1.82) is 0 Å². The fourth-order valence-corrected chi connectivity index (χ4v) is 5.83. The van der Waals surface area contributed by atoms with Crippen molar-refractivity contribution in [2.24, 2.45) is 0 Å². The molecule has 4 aromatic carbocycles. The number of aryl methyl sites for hydroxylation is 4. The van der Waals surface area contributed by atoms with Crippen molar-refractivity contribution in [2.45, 2.75) is 27.7 Å². The fourth-order valence-electron chi connectivity index (χ4n) is 5.83. The van der Waals surface area contributed by atoms with Crippen LogP contribution in [0.15, 0.2) is 121 Å². The van der Waals surface area contributed by atoms with Crippen molar-refractivity contribution in [2.75, 3.05) is 0 Å². The summed E-state index contributed by atoms with van der Waals surface area (Å²) < 4.78 is 0. The van der Waals surface area contributed by atoms with Crippen LogP contribution in [-0.2, 0) is 0 Å². The number of aromatic nitrogens is 2. The molecule has 0 aliphatic rings. The van der Waals surface area contributed by atoms with Gasteiger partial charge in [0.05, 0.1) is 0 Å². The van der Waals surface area contributed by atoms with Gasteiger partial charge in [0.25, 0.3) is 0 Å². The maximum Gasteiger partial charge on any atom is 0.0382 e. The molecule has 40 heavy (non-hydrogen) atoms. The van der Waals surface area contributed by atoms with E-state index in [0.29, 0.717) is 0 Å². The minimum Gasteiger partial charge on any atom is -0.258 e. The molecular weight excluding hydrogens is 484 g/mol. The standard InChI is InChI=1S/C38H32N2/c1-25-21-29(22-26(2)39-25)31-13-5-7-15-33(31)35-17-9-11-19-37(35)38-20-12-10-18-36(38)34-16-8-6-14-32(34)30-23-27(3)40-28(4)24-30/h5-24H,1-4H3. The molecule has 0 fully saturated rings. The van der Waals surface area contributed by atoms with E-state index in [1.165, 1.54) is 55.6 Å². The third-order valence-corrected chi connectivity index (χ3v) is 7.36. The lowest BCUT2D eigenvalue weighted by molar-refractivity contribution is 1.12. The van der Waals surface area contributed by atoms with Gasteiger partial charge in [0.2, 0.25) is 0 Å². The summed E-state index contributed by atoms with van der Waals surface area (Å²) in [5.74, 6) is 0. The van der Waals surface area contributed by atoms with Crippen LogP contribution in [0.5, 0.6) is 0 Å². The average molecular weight is 517 g/mol. The minimum atomic E-state index is 1.03. The zero-order valence-corrected chi connectivity index (χ0v) is 23.4. The first kappa shape index (κ1) is 25.5. The molecule has 0 aliphatic heterocycles. The predicted molar refractivity (Wildman–Crippen MR) is 168 cm³/mol. The van der Waals surface area contributed by atoms with Crippen LogP contribution in [-0.4, -0.2) is 9.97 Å². The Morgan fingerprint density at radius 3 is 0.750 bits per heavy atom. The largest absolute Gasteiger partial charge is 0.258 e. The molecule has 0 N–H and O–H groups in total. The molecule has 0 saturated heterocycles. The molecule has 0 amide bonds. The van der Waals surface area contributed by atoms with Crippen LogP contribution in [0.25, 0.3) is 55.6 Å². The lowest BCUT2D eigenvalue weighted by Crippen LogP contribution is -1.94. The van der Waals surface area contributed by atoms with E-state index in [1.807, 2.05) is 0 Å². The first-order chi connectivity index (χ1) is 19.5. The van der Waals surface area contributed by atoms with E-state index in [9.17, 15) is 0 Å². The lowest BCUT2D eigenvalue weighted by atomic mass is 9.85. The number of hydrogen-bond donors (Lipinski definition) is 0. The van der Waals surface area contributed by atoms with Crippen molar-refractivity contribution in [3.05, 3.63) is 144 Å². The summed E-state index contributed by atoms with van der Waals surface area (Å²) in [5.41, 5.74) is 16.2. The maximum atomic E-state index is 4.61. The monoisotopic (exact) mass is 516 g/mol. The molecule has 6 rings (SSSR count). The van der Waals surface area contributed by atoms with Crippen LogP contribution in [0.2, 0.25) is 0 Å². The van der Waals surface area contributed by atoms with E-state index in [2.05, 4.69) is 159 Å². The highest BCUT2D eigenvalue weighted by molar-refractivity contribution is 5.98. The van der Waals surface area contributed by atoms with Crippen LogP contribution < -0.4 is 0 Å². The highest BCUT2D eigenvalue weighted by Crippen LogP contribution is 2.43. The summed E-state index contributed by atoms with van der Waals surface area (Å²) in [6.45, 7) is 8.25. The van der Waals surface area contributed by atoms with E-state index >= 15 is 0 Å². The molecule has 2 heteroatoms. The summed E-state index contributed by atoms with van der Waals surface area (Å²) in [4.78, 5) is 9.23. The maximum absolute atomic E-state index is 4.61. The molecule has 2 nitrogen and oxygen atoms in total. The zero-order chi connectivity index (χ0) is 27.6. The Kier molecular flexibility index (Phi) is 6.84. The summed E-state index contributed by atoms with van der Waals surface area (Å²) >= 11 is 0. The summed E-state index contributed by atoms with van der Waals surface area (Å²) in [6, 6.07) is 43.7. The van der Waals surface area contributed by atoms with Gasteiger partial charge in [0, 0.05) is 22.8 Å². The van der Waals surface area contributed by atoms with Crippen LogP contribution in [0.3, 0.4) is 0 Å². The van der Waals surface area contributed by atoms with Gasteiger partial charge in [-0.25, -0.2) is 0 Å². The molecule has 0 atom stereocenters. The van der Waals surface area contributed by atoms with E-state index in [-0.39, 0.29) is 0 Å². The second-order valence-electron chi connectivity index (χ2n) is 10.5. The number of hydrogen-bond acceptors (Lipinski definition) is 2. The van der Waals surface area contributed by atoms with Gasteiger partial charge in [0.15, 0.2) is 0 Å². The third-order valence-electron chi connectivity index (χ3n) is 7.36. The minimum absolute atomic E-state index is 1.03. The second-order valence-corrected chi connectivity index (χ2v) is 10.5. The summed E-state index contributed by atoms with van der Waals surface area (Å²) in [5, 5.41) is 0. The SMILES string of the molecule is Cc1cc(-c2ccccc2-c2ccccc2-c2ccccc2-c2ccccc2-c2cc(C)nc(C)c2)cc(C)n1. The van der Waals surface area contributed by atoms with Crippen LogP contribution in [0.1, 0.15) is 22.8 Å². The van der Waals surface area contributed by atoms with Gasteiger partial charge in [-0.15, -0.1) is 0 Å². The molecule has 0 radical (unpaired) electrons. The lowest BCUT2D eigenvalue weighted by Gasteiger charge is -2.19. The van der Waals surface area contributed by atoms with Crippen molar-refractivity contribution >= 4 is 0 Å². The van der Waals surface area contributed by atoms with Crippen molar-refractivity contribution in [1.82, 2.24) is 9.97 Å². The highest BCUT2D eigenvalue weighted by Gasteiger charge is 2.17. The Balaban J connectivity index is 1.56. The van der Waals surface area contributed by atoms with Crippen molar-refractivity contribution in [3.63, 3.8) is 0 Å². The summed E-state index contributed by atoms with van der Waals surface area (Å²) in [7, 11) is 0. The highest BCUT2D eigenvalue weighted by atomic mass is 14.7. The molecule has 0 bridgehead atoms. The number of nitrogens with zero attached hydrogens (tertiary/aromatic N) is 2. The van der Waals surface area contributed by atoms with E-state index in [0.717, 1.165) is 22.8 Å². The molecule has 0 aliphatic carbocycles. The summed E-state index contributed by atoms with van der Waals surface area (Å²) in [6.07, 6.45) is 0. The normalized spacial score (nSPS) is 11.0. The van der Waals surface area contributed by atoms with Gasteiger partial charge in [-0.1, -0.05) is 97.1 Å². The van der Waals surface area contributed by atoms with Gasteiger partial charge in [-0.3, -0.25) is 9.97 Å². The van der Waals surface area contributed by atoms with Crippen LogP contribution >= 0.6 is 0 Å².